The van der Waals surface area contributed by atoms with Gasteiger partial charge in [-0.15, -0.1) is 11.6 Å². The number of alkyl halides is 1. The number of benzene rings is 2. The highest BCUT2D eigenvalue weighted by Gasteiger charge is 2.26. The van der Waals surface area contributed by atoms with E-state index in [9.17, 15) is 14.9 Å². The SMILES string of the molecule is O=C(CCCl)N1c2ccccc2CCc2ccc([N+](=O)[O-])cc21. The Morgan fingerprint density at radius 1 is 1.13 bits per heavy atom. The highest BCUT2D eigenvalue weighted by Crippen LogP contribution is 2.38. The van der Waals surface area contributed by atoms with Crippen molar-refractivity contribution in [1.82, 2.24) is 0 Å². The lowest BCUT2D eigenvalue weighted by Crippen LogP contribution is -2.27. The zero-order valence-electron chi connectivity index (χ0n) is 12.4. The van der Waals surface area contributed by atoms with Crippen molar-refractivity contribution in [3.05, 3.63) is 63.7 Å². The number of halogens is 1. The highest BCUT2D eigenvalue weighted by atomic mass is 35.5. The first-order valence-corrected chi connectivity index (χ1v) is 7.89. The molecule has 23 heavy (non-hydrogen) atoms. The summed E-state index contributed by atoms with van der Waals surface area (Å²) in [6, 6.07) is 12.3. The third-order valence-electron chi connectivity index (χ3n) is 3.97. The summed E-state index contributed by atoms with van der Waals surface area (Å²) in [5.41, 5.74) is 3.32. The second-order valence-corrected chi connectivity index (χ2v) is 5.74. The summed E-state index contributed by atoms with van der Waals surface area (Å²) in [7, 11) is 0. The Morgan fingerprint density at radius 2 is 1.83 bits per heavy atom. The largest absolute Gasteiger partial charge is 0.280 e. The third-order valence-corrected chi connectivity index (χ3v) is 4.16. The molecular weight excluding hydrogens is 316 g/mol. The summed E-state index contributed by atoms with van der Waals surface area (Å²) in [6.07, 6.45) is 1.69. The van der Waals surface area contributed by atoms with Gasteiger partial charge in [0.2, 0.25) is 5.91 Å². The number of nitro benzene ring substituents is 1. The van der Waals surface area contributed by atoms with Crippen molar-refractivity contribution >= 4 is 34.6 Å². The van der Waals surface area contributed by atoms with Crippen LogP contribution in [0.1, 0.15) is 17.5 Å². The van der Waals surface area contributed by atoms with Crippen LogP contribution in [0.15, 0.2) is 42.5 Å². The Kier molecular flexibility index (Phi) is 4.30. The van der Waals surface area contributed by atoms with Gasteiger partial charge in [-0.05, 0) is 30.0 Å². The van der Waals surface area contributed by atoms with Gasteiger partial charge in [-0.1, -0.05) is 24.3 Å². The van der Waals surface area contributed by atoms with Crippen molar-refractivity contribution in [3.63, 3.8) is 0 Å². The van der Waals surface area contributed by atoms with E-state index >= 15 is 0 Å². The fraction of sp³-hybridized carbons (Fsp3) is 0.235. The van der Waals surface area contributed by atoms with Crippen molar-refractivity contribution < 1.29 is 9.72 Å². The molecule has 0 atom stereocenters. The molecule has 0 saturated carbocycles. The molecule has 0 spiro atoms. The molecule has 0 radical (unpaired) electrons. The number of carbonyl (C=O) groups is 1. The number of anilines is 2. The molecule has 1 aliphatic heterocycles. The minimum atomic E-state index is -0.443. The number of rotatable bonds is 3. The number of hydrogen-bond donors (Lipinski definition) is 0. The van der Waals surface area contributed by atoms with Crippen LogP contribution in [0.4, 0.5) is 17.1 Å². The predicted molar refractivity (Wildman–Crippen MR) is 89.4 cm³/mol. The maximum atomic E-state index is 12.6. The molecule has 0 aliphatic carbocycles. The van der Waals surface area contributed by atoms with E-state index in [1.54, 1.807) is 11.0 Å². The van der Waals surface area contributed by atoms with E-state index in [1.807, 2.05) is 24.3 Å². The van der Waals surface area contributed by atoms with Gasteiger partial charge in [0.25, 0.3) is 5.69 Å². The molecule has 2 aromatic rings. The van der Waals surface area contributed by atoms with Gasteiger partial charge in [-0.25, -0.2) is 0 Å². The molecule has 118 valence electrons. The van der Waals surface area contributed by atoms with Crippen molar-refractivity contribution in [2.24, 2.45) is 0 Å². The van der Waals surface area contributed by atoms with E-state index in [0.29, 0.717) is 5.69 Å². The summed E-state index contributed by atoms with van der Waals surface area (Å²) in [4.78, 5) is 24.9. The molecule has 1 heterocycles. The Labute approximate surface area is 138 Å². The molecule has 0 saturated heterocycles. The predicted octanol–water partition coefficient (Wildman–Crippen LogP) is 3.99. The smallest absolute Gasteiger partial charge is 0.271 e. The zero-order valence-corrected chi connectivity index (χ0v) is 13.1. The molecule has 0 unspecified atom stereocenters. The number of amides is 1. The van der Waals surface area contributed by atoms with Gasteiger partial charge in [-0.3, -0.25) is 19.8 Å². The lowest BCUT2D eigenvalue weighted by atomic mass is 10.0. The maximum absolute atomic E-state index is 12.6. The second-order valence-electron chi connectivity index (χ2n) is 5.37. The van der Waals surface area contributed by atoms with E-state index < -0.39 is 4.92 Å². The molecule has 2 aromatic carbocycles. The minimum Gasteiger partial charge on any atom is -0.280 e. The van der Waals surface area contributed by atoms with Crippen molar-refractivity contribution in [2.75, 3.05) is 10.8 Å². The van der Waals surface area contributed by atoms with Gasteiger partial charge < -0.3 is 0 Å². The van der Waals surface area contributed by atoms with Gasteiger partial charge in [0.05, 0.1) is 16.3 Å². The minimum absolute atomic E-state index is 0.0215. The molecule has 0 N–H and O–H groups in total. The van der Waals surface area contributed by atoms with Gasteiger partial charge in [0.15, 0.2) is 0 Å². The van der Waals surface area contributed by atoms with Crippen LogP contribution in [0.5, 0.6) is 0 Å². The first kappa shape index (κ1) is 15.5. The van der Waals surface area contributed by atoms with Crippen LogP contribution < -0.4 is 4.90 Å². The van der Waals surface area contributed by atoms with E-state index in [0.717, 1.165) is 29.7 Å². The number of nitro groups is 1. The summed E-state index contributed by atoms with van der Waals surface area (Å²) in [5, 5.41) is 11.1. The lowest BCUT2D eigenvalue weighted by molar-refractivity contribution is -0.384. The van der Waals surface area contributed by atoms with Crippen LogP contribution in [-0.2, 0) is 17.6 Å². The molecule has 5 nitrogen and oxygen atoms in total. The number of aryl methyl sites for hydroxylation is 2. The molecular formula is C17H15ClN2O3. The quantitative estimate of drug-likeness (QED) is 0.485. The molecule has 1 amide bonds. The van der Waals surface area contributed by atoms with Crippen LogP contribution in [0.3, 0.4) is 0 Å². The summed E-state index contributed by atoms with van der Waals surface area (Å²) < 4.78 is 0. The zero-order chi connectivity index (χ0) is 16.4. The summed E-state index contributed by atoms with van der Waals surface area (Å²) >= 11 is 5.74. The average Bonchev–Trinajstić information content (AvgIpc) is 2.71. The van der Waals surface area contributed by atoms with Gasteiger partial charge in [0.1, 0.15) is 0 Å². The van der Waals surface area contributed by atoms with Gasteiger partial charge in [-0.2, -0.15) is 0 Å². The van der Waals surface area contributed by atoms with E-state index in [4.69, 9.17) is 11.6 Å². The summed E-state index contributed by atoms with van der Waals surface area (Å²) in [6.45, 7) is 0. The Bertz CT molecular complexity index is 776. The second kappa shape index (κ2) is 6.38. The fourth-order valence-electron chi connectivity index (χ4n) is 2.89. The normalized spacial score (nSPS) is 13.0. The molecule has 0 aromatic heterocycles. The molecule has 0 fully saturated rings. The van der Waals surface area contributed by atoms with Crippen LogP contribution in [-0.4, -0.2) is 16.7 Å². The van der Waals surface area contributed by atoms with Gasteiger partial charge >= 0.3 is 0 Å². The van der Waals surface area contributed by atoms with Crippen LogP contribution in [0, 0.1) is 10.1 Å². The van der Waals surface area contributed by atoms with E-state index in [2.05, 4.69) is 0 Å². The molecule has 0 bridgehead atoms. The highest BCUT2D eigenvalue weighted by molar-refractivity contribution is 6.19. The monoisotopic (exact) mass is 330 g/mol. The Hall–Kier alpha value is -2.40. The fourth-order valence-corrected chi connectivity index (χ4v) is 3.05. The number of para-hydroxylation sites is 1. The first-order chi connectivity index (χ1) is 11.1. The standard InChI is InChI=1S/C17H15ClN2O3/c18-10-9-17(21)19-15-4-2-1-3-12(15)5-6-13-7-8-14(20(22)23)11-16(13)19/h1-4,7-8,11H,5-6,9-10H2. The topological polar surface area (TPSA) is 63.5 Å². The van der Waals surface area contributed by atoms with Crippen molar-refractivity contribution in [2.45, 2.75) is 19.3 Å². The maximum Gasteiger partial charge on any atom is 0.271 e. The first-order valence-electron chi connectivity index (χ1n) is 7.36. The van der Waals surface area contributed by atoms with Crippen molar-refractivity contribution in [3.8, 4) is 0 Å². The van der Waals surface area contributed by atoms with E-state index in [1.165, 1.54) is 12.1 Å². The average molecular weight is 331 g/mol. The number of hydrogen-bond acceptors (Lipinski definition) is 3. The number of nitrogens with zero attached hydrogens (tertiary/aromatic N) is 2. The third kappa shape index (κ3) is 2.92. The Balaban J connectivity index is 2.20. The molecule has 6 heteroatoms. The lowest BCUT2D eigenvalue weighted by Gasteiger charge is -2.24. The van der Waals surface area contributed by atoms with Crippen LogP contribution in [0.25, 0.3) is 0 Å². The van der Waals surface area contributed by atoms with Crippen LogP contribution in [0.2, 0.25) is 0 Å². The van der Waals surface area contributed by atoms with Gasteiger partial charge in [0, 0.05) is 24.4 Å². The molecule has 1 aliphatic rings. The molecule has 3 rings (SSSR count). The van der Waals surface area contributed by atoms with Crippen LogP contribution >= 0.6 is 11.6 Å². The van der Waals surface area contributed by atoms with E-state index in [-0.39, 0.29) is 23.9 Å². The number of carbonyl (C=O) groups excluding carboxylic acids is 1. The number of fused-ring (bicyclic) bond motifs is 2. The Morgan fingerprint density at radius 3 is 2.52 bits per heavy atom. The van der Waals surface area contributed by atoms with Crippen molar-refractivity contribution in [1.29, 1.82) is 0 Å². The number of non-ortho nitro benzene ring substituents is 1. The summed E-state index contributed by atoms with van der Waals surface area (Å²) in [5.74, 6) is 0.0537.